The van der Waals surface area contributed by atoms with Gasteiger partial charge in [-0.2, -0.15) is 0 Å². The van der Waals surface area contributed by atoms with Crippen LogP contribution in [0.5, 0.6) is 5.75 Å². The molecule has 0 aliphatic carbocycles. The largest absolute Gasteiger partial charge is 0.489 e. The van der Waals surface area contributed by atoms with Crippen molar-refractivity contribution in [2.75, 3.05) is 0 Å². The topological polar surface area (TPSA) is 46.5 Å². The van der Waals surface area contributed by atoms with Gasteiger partial charge >= 0.3 is 5.97 Å². The number of carboxylic acid groups (broad SMARTS) is 1. The molecule has 0 bridgehead atoms. The Morgan fingerprint density at radius 2 is 1.75 bits per heavy atom. The zero-order valence-corrected chi connectivity index (χ0v) is 11.7. The quantitative estimate of drug-likeness (QED) is 0.904. The first-order chi connectivity index (χ1) is 9.56. The molecule has 0 unspecified atom stereocenters. The zero-order valence-electron chi connectivity index (χ0n) is 11.7. The van der Waals surface area contributed by atoms with Crippen LogP contribution in [0.25, 0.3) is 0 Å². The van der Waals surface area contributed by atoms with Gasteiger partial charge < -0.3 is 9.84 Å². The Morgan fingerprint density at radius 3 is 2.40 bits per heavy atom. The van der Waals surface area contributed by atoms with Crippen molar-refractivity contribution in [1.29, 1.82) is 0 Å². The Morgan fingerprint density at radius 1 is 1.10 bits per heavy atom. The van der Waals surface area contributed by atoms with Gasteiger partial charge in [0.2, 0.25) is 0 Å². The van der Waals surface area contributed by atoms with E-state index < -0.39 is 5.97 Å². The number of carboxylic acids is 1. The fraction of sp³-hybridized carbons (Fsp3) is 0.235. The van der Waals surface area contributed by atoms with Crippen LogP contribution in [0.4, 0.5) is 0 Å². The summed E-state index contributed by atoms with van der Waals surface area (Å²) in [4.78, 5) is 10.9. The minimum atomic E-state index is -0.849. The predicted molar refractivity (Wildman–Crippen MR) is 78.0 cm³/mol. The molecule has 3 heteroatoms. The molecule has 0 saturated carbocycles. The van der Waals surface area contributed by atoms with Crippen LogP contribution in [0.15, 0.2) is 42.5 Å². The van der Waals surface area contributed by atoms with E-state index in [2.05, 4.69) is 0 Å². The molecule has 0 aliphatic rings. The maximum atomic E-state index is 10.9. The highest BCUT2D eigenvalue weighted by atomic mass is 16.5. The molecule has 104 valence electrons. The van der Waals surface area contributed by atoms with E-state index in [0.29, 0.717) is 12.4 Å². The van der Waals surface area contributed by atoms with Gasteiger partial charge in [0, 0.05) is 5.56 Å². The monoisotopic (exact) mass is 270 g/mol. The minimum Gasteiger partial charge on any atom is -0.489 e. The van der Waals surface area contributed by atoms with Crippen molar-refractivity contribution in [1.82, 2.24) is 0 Å². The highest BCUT2D eigenvalue weighted by Gasteiger charge is 2.10. The smallest absolute Gasteiger partial charge is 0.307 e. The standard InChI is InChI=1S/C17H18O3/c1-12-8-15(10-17(18)19)16(9-13(12)2)20-11-14-6-4-3-5-7-14/h3-9H,10-11H2,1-2H3,(H,18,19). The summed E-state index contributed by atoms with van der Waals surface area (Å²) in [6.07, 6.45) is -0.0226. The lowest BCUT2D eigenvalue weighted by molar-refractivity contribution is -0.136. The SMILES string of the molecule is Cc1cc(CC(=O)O)c(OCc2ccccc2)cc1C. The van der Waals surface area contributed by atoms with Crippen molar-refractivity contribution in [3.05, 3.63) is 64.7 Å². The third kappa shape index (κ3) is 3.60. The van der Waals surface area contributed by atoms with Crippen molar-refractivity contribution in [3.8, 4) is 5.75 Å². The van der Waals surface area contributed by atoms with Crippen LogP contribution in [0.3, 0.4) is 0 Å². The number of ether oxygens (including phenoxy) is 1. The van der Waals surface area contributed by atoms with Crippen LogP contribution in [-0.4, -0.2) is 11.1 Å². The number of hydrogen-bond donors (Lipinski definition) is 1. The Kier molecular flexibility index (Phi) is 4.41. The van der Waals surface area contributed by atoms with Crippen LogP contribution in [0.1, 0.15) is 22.3 Å². The van der Waals surface area contributed by atoms with Crippen LogP contribution < -0.4 is 4.74 Å². The lowest BCUT2D eigenvalue weighted by atomic mass is 10.0. The lowest BCUT2D eigenvalue weighted by Gasteiger charge is -2.13. The number of aliphatic carboxylic acids is 1. The van der Waals surface area contributed by atoms with Gasteiger partial charge in [0.15, 0.2) is 0 Å². The van der Waals surface area contributed by atoms with Crippen molar-refractivity contribution < 1.29 is 14.6 Å². The highest BCUT2D eigenvalue weighted by molar-refractivity contribution is 5.71. The highest BCUT2D eigenvalue weighted by Crippen LogP contribution is 2.25. The van der Waals surface area contributed by atoms with Crippen LogP contribution in [0.2, 0.25) is 0 Å². The minimum absolute atomic E-state index is 0.0226. The second-order valence-electron chi connectivity index (χ2n) is 4.89. The van der Waals surface area contributed by atoms with Gasteiger partial charge in [-0.1, -0.05) is 36.4 Å². The number of hydrogen-bond acceptors (Lipinski definition) is 2. The van der Waals surface area contributed by atoms with Gasteiger partial charge in [-0.25, -0.2) is 0 Å². The molecule has 0 amide bonds. The number of carbonyl (C=O) groups is 1. The van der Waals surface area contributed by atoms with Crippen LogP contribution in [0, 0.1) is 13.8 Å². The van der Waals surface area contributed by atoms with Crippen LogP contribution in [-0.2, 0) is 17.8 Å². The Balaban J connectivity index is 2.21. The molecule has 1 N–H and O–H groups in total. The fourth-order valence-electron chi connectivity index (χ4n) is 2.02. The maximum absolute atomic E-state index is 10.9. The first-order valence-corrected chi connectivity index (χ1v) is 6.55. The summed E-state index contributed by atoms with van der Waals surface area (Å²) in [7, 11) is 0. The summed E-state index contributed by atoms with van der Waals surface area (Å²) >= 11 is 0. The molecule has 2 aromatic carbocycles. The van der Waals surface area contributed by atoms with Gasteiger partial charge in [0.1, 0.15) is 12.4 Å². The molecule has 0 aromatic heterocycles. The molecule has 0 fully saturated rings. The second-order valence-corrected chi connectivity index (χ2v) is 4.89. The van der Waals surface area contributed by atoms with Crippen molar-refractivity contribution in [2.24, 2.45) is 0 Å². The molecule has 0 saturated heterocycles. The molecule has 2 rings (SSSR count). The Labute approximate surface area is 118 Å². The van der Waals surface area contributed by atoms with Crippen molar-refractivity contribution in [3.63, 3.8) is 0 Å². The Bertz CT molecular complexity index is 603. The lowest BCUT2D eigenvalue weighted by Crippen LogP contribution is -2.05. The average molecular weight is 270 g/mol. The first-order valence-electron chi connectivity index (χ1n) is 6.55. The fourth-order valence-corrected chi connectivity index (χ4v) is 2.02. The van der Waals surface area contributed by atoms with E-state index in [0.717, 1.165) is 22.3 Å². The number of rotatable bonds is 5. The van der Waals surface area contributed by atoms with Crippen molar-refractivity contribution in [2.45, 2.75) is 26.9 Å². The molecule has 0 radical (unpaired) electrons. The molecule has 0 spiro atoms. The molecule has 0 heterocycles. The molecule has 20 heavy (non-hydrogen) atoms. The summed E-state index contributed by atoms with van der Waals surface area (Å²) in [5, 5.41) is 8.98. The van der Waals surface area contributed by atoms with Gasteiger partial charge in [-0.3, -0.25) is 4.79 Å². The van der Waals surface area contributed by atoms with E-state index in [1.54, 1.807) is 0 Å². The van der Waals surface area contributed by atoms with Crippen LogP contribution >= 0.6 is 0 Å². The summed E-state index contributed by atoms with van der Waals surface area (Å²) in [6.45, 7) is 4.41. The third-order valence-corrected chi connectivity index (χ3v) is 3.26. The van der Waals surface area contributed by atoms with Crippen molar-refractivity contribution >= 4 is 5.97 Å². The summed E-state index contributed by atoms with van der Waals surface area (Å²) < 4.78 is 5.80. The third-order valence-electron chi connectivity index (χ3n) is 3.26. The van der Waals surface area contributed by atoms with Gasteiger partial charge in [0.25, 0.3) is 0 Å². The number of benzene rings is 2. The summed E-state index contributed by atoms with van der Waals surface area (Å²) in [5.74, 6) is -0.197. The number of aryl methyl sites for hydroxylation is 2. The zero-order chi connectivity index (χ0) is 14.5. The normalized spacial score (nSPS) is 10.3. The van der Waals surface area contributed by atoms with E-state index in [9.17, 15) is 4.79 Å². The predicted octanol–water partition coefficient (Wildman–Crippen LogP) is 3.51. The maximum Gasteiger partial charge on any atom is 0.307 e. The van der Waals surface area contributed by atoms with E-state index in [1.165, 1.54) is 0 Å². The molecule has 3 nitrogen and oxygen atoms in total. The van der Waals surface area contributed by atoms with E-state index >= 15 is 0 Å². The molecule has 0 atom stereocenters. The molecule has 2 aromatic rings. The van der Waals surface area contributed by atoms with Gasteiger partial charge in [-0.05, 0) is 36.6 Å². The summed E-state index contributed by atoms with van der Waals surface area (Å²) in [5.41, 5.74) is 3.96. The summed E-state index contributed by atoms with van der Waals surface area (Å²) in [6, 6.07) is 13.6. The molecular weight excluding hydrogens is 252 g/mol. The molecule has 0 aliphatic heterocycles. The average Bonchev–Trinajstić information content (AvgIpc) is 2.42. The van der Waals surface area contributed by atoms with Gasteiger partial charge in [-0.15, -0.1) is 0 Å². The van der Waals surface area contributed by atoms with E-state index in [1.807, 2.05) is 56.3 Å². The Hall–Kier alpha value is -2.29. The second kappa shape index (κ2) is 6.24. The molecular formula is C17H18O3. The first kappa shape index (κ1) is 14.1. The van der Waals surface area contributed by atoms with E-state index in [-0.39, 0.29) is 6.42 Å². The van der Waals surface area contributed by atoms with Gasteiger partial charge in [0.05, 0.1) is 6.42 Å². The van der Waals surface area contributed by atoms with E-state index in [4.69, 9.17) is 9.84 Å².